The van der Waals surface area contributed by atoms with Crippen LogP contribution < -0.4 is 0 Å². The molecule has 0 aliphatic carbocycles. The molecule has 216 valence electrons. The van der Waals surface area contributed by atoms with Crippen LogP contribution >= 0.6 is 0 Å². The standard InChI is InChI=1S/C32H39FN6O2/c1-21(2)36(4)32(41)27-14-26(33)5-6-28(27)39-20-25(31-22(3)15-35-16-29(31)39)13-24-18-37(19-24)17-23-8-11-38(12-9-23)30(40)7-10-34/h5-6,14-16,20-21,23-24H,7-9,11-13,17-19H2,1-4H3. The monoisotopic (exact) mass is 558 g/mol. The summed E-state index contributed by atoms with van der Waals surface area (Å²) in [5, 5.41) is 9.93. The Morgan fingerprint density at radius 3 is 2.59 bits per heavy atom. The summed E-state index contributed by atoms with van der Waals surface area (Å²) in [6, 6.07) is 6.37. The van der Waals surface area contributed by atoms with Crippen molar-refractivity contribution in [3.05, 3.63) is 59.3 Å². The summed E-state index contributed by atoms with van der Waals surface area (Å²) in [5.74, 6) is 0.405. The second-order valence-electron chi connectivity index (χ2n) is 12.0. The van der Waals surface area contributed by atoms with Gasteiger partial charge in [0.2, 0.25) is 5.91 Å². The number of carbonyl (C=O) groups excluding carboxylic acids is 2. The van der Waals surface area contributed by atoms with Gasteiger partial charge in [-0.3, -0.25) is 14.6 Å². The highest BCUT2D eigenvalue weighted by atomic mass is 19.1. The molecule has 2 fully saturated rings. The molecule has 1 aromatic carbocycles. The molecule has 2 aliphatic heterocycles. The third kappa shape index (κ3) is 5.98. The smallest absolute Gasteiger partial charge is 0.256 e. The van der Waals surface area contributed by atoms with Crippen molar-refractivity contribution >= 4 is 22.7 Å². The third-order valence-electron chi connectivity index (χ3n) is 8.78. The maximum Gasteiger partial charge on any atom is 0.256 e. The highest BCUT2D eigenvalue weighted by Gasteiger charge is 2.32. The molecule has 3 aromatic rings. The number of benzene rings is 1. The van der Waals surface area contributed by atoms with Gasteiger partial charge in [0.1, 0.15) is 12.2 Å². The molecule has 0 unspecified atom stereocenters. The Bertz CT molecular complexity index is 1480. The third-order valence-corrected chi connectivity index (χ3v) is 8.78. The van der Waals surface area contributed by atoms with Gasteiger partial charge in [-0.15, -0.1) is 0 Å². The summed E-state index contributed by atoms with van der Waals surface area (Å²) in [6.07, 6.45) is 8.68. The summed E-state index contributed by atoms with van der Waals surface area (Å²) in [5.41, 5.74) is 4.21. The van der Waals surface area contributed by atoms with Crippen molar-refractivity contribution < 1.29 is 14.0 Å². The minimum atomic E-state index is -0.436. The minimum Gasteiger partial charge on any atom is -0.342 e. The van der Waals surface area contributed by atoms with Crippen molar-refractivity contribution in [3.8, 4) is 11.8 Å². The first-order valence-corrected chi connectivity index (χ1v) is 14.5. The highest BCUT2D eigenvalue weighted by Crippen LogP contribution is 2.33. The van der Waals surface area contributed by atoms with Crippen molar-refractivity contribution in [2.75, 3.05) is 39.8 Å². The summed E-state index contributed by atoms with van der Waals surface area (Å²) in [7, 11) is 1.74. The second kappa shape index (κ2) is 12.0. The number of fused-ring (bicyclic) bond motifs is 1. The first-order valence-electron chi connectivity index (χ1n) is 14.5. The van der Waals surface area contributed by atoms with E-state index in [1.807, 2.05) is 41.8 Å². The van der Waals surface area contributed by atoms with Gasteiger partial charge in [0.15, 0.2) is 0 Å². The molecular weight excluding hydrogens is 519 g/mol. The minimum absolute atomic E-state index is 0.0142. The van der Waals surface area contributed by atoms with Gasteiger partial charge in [-0.25, -0.2) is 4.39 Å². The fourth-order valence-electron chi connectivity index (χ4n) is 6.28. The topological polar surface area (TPSA) is 85.5 Å². The number of amides is 2. The fourth-order valence-corrected chi connectivity index (χ4v) is 6.28. The van der Waals surface area contributed by atoms with Gasteiger partial charge in [0, 0.05) is 63.6 Å². The zero-order valence-corrected chi connectivity index (χ0v) is 24.4. The van der Waals surface area contributed by atoms with Crippen LogP contribution in [0, 0.1) is 35.9 Å². The Morgan fingerprint density at radius 2 is 1.90 bits per heavy atom. The molecule has 0 N–H and O–H groups in total. The van der Waals surface area contributed by atoms with Gasteiger partial charge >= 0.3 is 0 Å². The number of likely N-dealkylation sites (tertiary alicyclic amines) is 2. The molecule has 0 atom stereocenters. The summed E-state index contributed by atoms with van der Waals surface area (Å²) < 4.78 is 16.4. The number of carbonyl (C=O) groups is 2. The molecule has 0 spiro atoms. The van der Waals surface area contributed by atoms with E-state index in [4.69, 9.17) is 5.26 Å². The predicted molar refractivity (Wildman–Crippen MR) is 156 cm³/mol. The second-order valence-corrected chi connectivity index (χ2v) is 12.0. The lowest BCUT2D eigenvalue weighted by atomic mass is 9.88. The molecule has 5 rings (SSSR count). The molecule has 0 saturated carbocycles. The van der Waals surface area contributed by atoms with Crippen molar-refractivity contribution in [1.82, 2.24) is 24.3 Å². The number of rotatable bonds is 8. The van der Waals surface area contributed by atoms with Crippen molar-refractivity contribution in [1.29, 1.82) is 5.26 Å². The van der Waals surface area contributed by atoms with Crippen LogP contribution in [0.25, 0.3) is 16.6 Å². The van der Waals surface area contributed by atoms with Crippen LogP contribution in [0.3, 0.4) is 0 Å². The summed E-state index contributed by atoms with van der Waals surface area (Å²) in [6.45, 7) is 10.5. The van der Waals surface area contributed by atoms with Gasteiger partial charge in [0.25, 0.3) is 5.91 Å². The van der Waals surface area contributed by atoms with Crippen molar-refractivity contribution in [2.24, 2.45) is 11.8 Å². The highest BCUT2D eigenvalue weighted by molar-refractivity contribution is 5.99. The quantitative estimate of drug-likeness (QED) is 0.404. The van der Waals surface area contributed by atoms with Crippen molar-refractivity contribution in [2.45, 2.75) is 52.5 Å². The largest absolute Gasteiger partial charge is 0.342 e. The summed E-state index contributed by atoms with van der Waals surface area (Å²) >= 11 is 0. The Labute approximate surface area is 241 Å². The van der Waals surface area contributed by atoms with E-state index >= 15 is 0 Å². The lowest BCUT2D eigenvalue weighted by Crippen LogP contribution is -2.50. The molecular formula is C32H39FN6O2. The first kappa shape index (κ1) is 28.7. The number of hydrogen-bond acceptors (Lipinski definition) is 5. The zero-order chi connectivity index (χ0) is 29.3. The summed E-state index contributed by atoms with van der Waals surface area (Å²) in [4.78, 5) is 35.8. The number of pyridine rings is 1. The van der Waals surface area contributed by atoms with E-state index in [1.54, 1.807) is 18.0 Å². The normalized spacial score (nSPS) is 16.7. The number of nitriles is 1. The number of halogens is 1. The molecule has 0 bridgehead atoms. The van der Waals surface area contributed by atoms with E-state index in [0.29, 0.717) is 23.1 Å². The van der Waals surface area contributed by atoms with Gasteiger partial charge in [0.05, 0.1) is 29.0 Å². The number of piperidine rings is 1. The molecule has 4 heterocycles. The van der Waals surface area contributed by atoms with Crippen LogP contribution in [0.5, 0.6) is 0 Å². The average molecular weight is 559 g/mol. The Kier molecular flexibility index (Phi) is 8.41. The number of aryl methyl sites for hydroxylation is 1. The van der Waals surface area contributed by atoms with E-state index in [9.17, 15) is 14.0 Å². The van der Waals surface area contributed by atoms with Gasteiger partial charge in [-0.1, -0.05) is 0 Å². The Hall–Kier alpha value is -3.77. The Morgan fingerprint density at radius 1 is 1.17 bits per heavy atom. The maximum atomic E-state index is 14.4. The van der Waals surface area contributed by atoms with Crippen LogP contribution in [0.1, 0.15) is 54.6 Å². The SMILES string of the molecule is Cc1cncc2c1c(CC1CN(CC3CCN(C(=O)CC#N)CC3)C1)cn2-c1ccc(F)cc1C(=O)N(C)C(C)C. The van der Waals surface area contributed by atoms with Crippen molar-refractivity contribution in [3.63, 3.8) is 0 Å². The number of hydrogen-bond donors (Lipinski definition) is 0. The van der Waals surface area contributed by atoms with E-state index < -0.39 is 5.82 Å². The molecule has 2 aromatic heterocycles. The molecule has 0 radical (unpaired) electrons. The van der Waals surface area contributed by atoms with E-state index in [1.165, 1.54) is 17.7 Å². The predicted octanol–water partition coefficient (Wildman–Crippen LogP) is 4.58. The van der Waals surface area contributed by atoms with Gasteiger partial charge in [-0.05, 0) is 81.2 Å². The first-order chi connectivity index (χ1) is 19.7. The molecule has 2 amide bonds. The average Bonchev–Trinajstić information content (AvgIpc) is 3.30. The van der Waals surface area contributed by atoms with Crippen LogP contribution in [-0.4, -0.2) is 81.9 Å². The van der Waals surface area contributed by atoms with Crippen LogP contribution in [0.2, 0.25) is 0 Å². The van der Waals surface area contributed by atoms with Gasteiger partial charge in [-0.2, -0.15) is 5.26 Å². The van der Waals surface area contributed by atoms with Crippen LogP contribution in [-0.2, 0) is 11.2 Å². The lowest BCUT2D eigenvalue weighted by molar-refractivity contribution is -0.131. The Balaban J connectivity index is 1.30. The van der Waals surface area contributed by atoms with Crippen LogP contribution in [0.15, 0.2) is 36.8 Å². The molecule has 9 heteroatoms. The zero-order valence-electron chi connectivity index (χ0n) is 24.4. The molecule has 2 aliphatic rings. The molecule has 41 heavy (non-hydrogen) atoms. The van der Waals surface area contributed by atoms with E-state index in [2.05, 4.69) is 23.0 Å². The maximum absolute atomic E-state index is 14.4. The van der Waals surface area contributed by atoms with Crippen LogP contribution in [0.4, 0.5) is 4.39 Å². The molecule has 2 saturated heterocycles. The van der Waals surface area contributed by atoms with Gasteiger partial charge < -0.3 is 19.3 Å². The van der Waals surface area contributed by atoms with E-state index in [0.717, 1.165) is 68.5 Å². The molecule has 8 nitrogen and oxygen atoms in total. The number of aromatic nitrogens is 2. The fraction of sp³-hybridized carbons (Fsp3) is 0.500. The van der Waals surface area contributed by atoms with E-state index in [-0.39, 0.29) is 24.3 Å². The lowest BCUT2D eigenvalue weighted by Gasteiger charge is -2.43. The number of nitrogens with zero attached hydrogens (tertiary/aromatic N) is 6.